The van der Waals surface area contributed by atoms with Crippen molar-refractivity contribution in [2.75, 3.05) is 11.9 Å². The molecular weight excluding hydrogens is 230 g/mol. The SMILES string of the molecule is CC(C)c1nc(Br)c2n1CCCN2. The van der Waals surface area contributed by atoms with E-state index in [1.165, 1.54) is 12.2 Å². The van der Waals surface area contributed by atoms with Gasteiger partial charge in [-0.25, -0.2) is 4.98 Å². The largest absolute Gasteiger partial charge is 0.369 e. The first-order valence-corrected chi connectivity index (χ1v) is 5.49. The summed E-state index contributed by atoms with van der Waals surface area (Å²) in [5, 5.41) is 3.36. The minimum absolute atomic E-state index is 0.491. The maximum absolute atomic E-state index is 4.51. The van der Waals surface area contributed by atoms with E-state index < -0.39 is 0 Å². The van der Waals surface area contributed by atoms with Gasteiger partial charge in [0.05, 0.1) is 0 Å². The molecule has 2 rings (SSSR count). The van der Waals surface area contributed by atoms with Crippen molar-refractivity contribution >= 4 is 21.7 Å². The number of anilines is 1. The molecule has 1 aromatic heterocycles. The second-order valence-corrected chi connectivity index (χ2v) is 4.45. The summed E-state index contributed by atoms with van der Waals surface area (Å²) in [7, 11) is 0. The zero-order chi connectivity index (χ0) is 9.42. The highest BCUT2D eigenvalue weighted by molar-refractivity contribution is 9.10. The fraction of sp³-hybridized carbons (Fsp3) is 0.667. The predicted molar refractivity (Wildman–Crippen MR) is 57.1 cm³/mol. The van der Waals surface area contributed by atoms with Gasteiger partial charge in [-0.3, -0.25) is 0 Å². The zero-order valence-electron chi connectivity index (χ0n) is 7.97. The highest BCUT2D eigenvalue weighted by atomic mass is 79.9. The number of hydrogen-bond donors (Lipinski definition) is 1. The Labute approximate surface area is 86.7 Å². The van der Waals surface area contributed by atoms with Gasteiger partial charge in [-0.05, 0) is 22.4 Å². The molecule has 0 saturated heterocycles. The average Bonchev–Trinajstić information content (AvgIpc) is 2.45. The van der Waals surface area contributed by atoms with E-state index in [1.807, 2.05) is 0 Å². The van der Waals surface area contributed by atoms with Crippen LogP contribution in [-0.2, 0) is 6.54 Å². The van der Waals surface area contributed by atoms with E-state index in [0.717, 1.165) is 23.5 Å². The quantitative estimate of drug-likeness (QED) is 0.822. The highest BCUT2D eigenvalue weighted by Gasteiger charge is 2.19. The van der Waals surface area contributed by atoms with Crippen LogP contribution in [0.2, 0.25) is 0 Å². The minimum Gasteiger partial charge on any atom is -0.369 e. The van der Waals surface area contributed by atoms with Gasteiger partial charge < -0.3 is 9.88 Å². The molecule has 0 aliphatic carbocycles. The van der Waals surface area contributed by atoms with Crippen LogP contribution in [-0.4, -0.2) is 16.1 Å². The van der Waals surface area contributed by atoms with Gasteiger partial charge in [0.1, 0.15) is 16.2 Å². The summed E-state index contributed by atoms with van der Waals surface area (Å²) in [4.78, 5) is 4.51. The molecule has 0 saturated carbocycles. The second kappa shape index (κ2) is 3.33. The van der Waals surface area contributed by atoms with Crippen LogP contribution in [0.5, 0.6) is 0 Å². The topological polar surface area (TPSA) is 29.9 Å². The van der Waals surface area contributed by atoms with E-state index in [1.54, 1.807) is 0 Å². The van der Waals surface area contributed by atoms with Gasteiger partial charge in [-0.15, -0.1) is 0 Å². The summed E-state index contributed by atoms with van der Waals surface area (Å²) in [6.07, 6.45) is 1.19. The molecule has 3 nitrogen and oxygen atoms in total. The third-order valence-corrected chi connectivity index (χ3v) is 2.87. The van der Waals surface area contributed by atoms with Crippen molar-refractivity contribution in [3.05, 3.63) is 10.4 Å². The third kappa shape index (κ3) is 1.47. The Morgan fingerprint density at radius 3 is 3.00 bits per heavy atom. The Balaban J connectivity index is 2.47. The lowest BCUT2D eigenvalue weighted by Crippen LogP contribution is -2.18. The molecule has 0 amide bonds. The Hall–Kier alpha value is -0.510. The molecule has 4 heteroatoms. The molecule has 0 bridgehead atoms. The summed E-state index contributed by atoms with van der Waals surface area (Å²) >= 11 is 3.48. The van der Waals surface area contributed by atoms with Crippen LogP contribution in [0.25, 0.3) is 0 Å². The van der Waals surface area contributed by atoms with Crippen molar-refractivity contribution in [1.82, 2.24) is 9.55 Å². The molecule has 1 aromatic rings. The van der Waals surface area contributed by atoms with E-state index in [-0.39, 0.29) is 0 Å². The van der Waals surface area contributed by atoms with Crippen LogP contribution in [0.1, 0.15) is 32.0 Å². The number of imidazole rings is 1. The molecule has 0 unspecified atom stereocenters. The standard InChI is InChI=1S/C9H14BrN3/c1-6(2)8-12-7(10)9-11-4-3-5-13(8)9/h6,11H,3-5H2,1-2H3. The third-order valence-electron chi connectivity index (χ3n) is 2.32. The van der Waals surface area contributed by atoms with Gasteiger partial charge >= 0.3 is 0 Å². The number of nitrogens with one attached hydrogen (secondary N) is 1. The molecule has 0 fully saturated rings. The lowest BCUT2D eigenvalue weighted by atomic mass is 10.2. The Kier molecular flexibility index (Phi) is 2.32. The molecule has 0 atom stereocenters. The van der Waals surface area contributed by atoms with E-state index in [0.29, 0.717) is 5.92 Å². The van der Waals surface area contributed by atoms with Gasteiger partial charge in [0.2, 0.25) is 0 Å². The monoisotopic (exact) mass is 243 g/mol. The summed E-state index contributed by atoms with van der Waals surface area (Å²) in [5.41, 5.74) is 0. The van der Waals surface area contributed by atoms with Crippen LogP contribution in [0.3, 0.4) is 0 Å². The number of fused-ring (bicyclic) bond motifs is 1. The van der Waals surface area contributed by atoms with Crippen molar-refractivity contribution in [2.45, 2.75) is 32.7 Å². The van der Waals surface area contributed by atoms with Gasteiger partial charge in [0.15, 0.2) is 0 Å². The summed E-state index contributed by atoms with van der Waals surface area (Å²) in [5.74, 6) is 2.81. The van der Waals surface area contributed by atoms with Crippen molar-refractivity contribution < 1.29 is 0 Å². The fourth-order valence-corrected chi connectivity index (χ4v) is 2.26. The normalized spacial score (nSPS) is 15.7. The van der Waals surface area contributed by atoms with Gasteiger partial charge in [-0.1, -0.05) is 13.8 Å². The number of nitrogens with zero attached hydrogens (tertiary/aromatic N) is 2. The van der Waals surface area contributed by atoms with Gasteiger partial charge in [0, 0.05) is 19.0 Å². The molecular formula is C9H14BrN3. The molecule has 0 aromatic carbocycles. The van der Waals surface area contributed by atoms with Crippen LogP contribution in [0.15, 0.2) is 4.60 Å². The van der Waals surface area contributed by atoms with E-state index in [2.05, 4.69) is 44.6 Å². The number of rotatable bonds is 1. The van der Waals surface area contributed by atoms with Gasteiger partial charge in [0.25, 0.3) is 0 Å². The summed E-state index contributed by atoms with van der Waals surface area (Å²) < 4.78 is 3.23. The van der Waals surface area contributed by atoms with E-state index in [9.17, 15) is 0 Å². The molecule has 1 aliphatic heterocycles. The van der Waals surface area contributed by atoms with Gasteiger partial charge in [-0.2, -0.15) is 0 Å². The Bertz CT molecular complexity index is 317. The van der Waals surface area contributed by atoms with Crippen LogP contribution >= 0.6 is 15.9 Å². The highest BCUT2D eigenvalue weighted by Crippen LogP contribution is 2.29. The molecule has 13 heavy (non-hydrogen) atoms. The average molecular weight is 244 g/mol. The first-order chi connectivity index (χ1) is 6.20. The van der Waals surface area contributed by atoms with E-state index >= 15 is 0 Å². The smallest absolute Gasteiger partial charge is 0.148 e. The van der Waals surface area contributed by atoms with Crippen molar-refractivity contribution in [3.63, 3.8) is 0 Å². The number of aromatic nitrogens is 2. The van der Waals surface area contributed by atoms with Crippen LogP contribution in [0, 0.1) is 0 Å². The molecule has 0 spiro atoms. The molecule has 0 radical (unpaired) electrons. The summed E-state index contributed by atoms with van der Waals surface area (Å²) in [6.45, 7) is 6.50. The Morgan fingerprint density at radius 1 is 1.54 bits per heavy atom. The second-order valence-electron chi connectivity index (χ2n) is 3.70. The lowest BCUT2D eigenvalue weighted by molar-refractivity contribution is 0.580. The number of hydrogen-bond acceptors (Lipinski definition) is 2. The summed E-state index contributed by atoms with van der Waals surface area (Å²) in [6, 6.07) is 0. The first kappa shape index (κ1) is 9.06. The predicted octanol–water partition coefficient (Wildman–Crippen LogP) is 2.58. The zero-order valence-corrected chi connectivity index (χ0v) is 9.56. The molecule has 1 aliphatic rings. The lowest BCUT2D eigenvalue weighted by Gasteiger charge is -2.19. The van der Waals surface area contributed by atoms with Crippen molar-refractivity contribution in [1.29, 1.82) is 0 Å². The van der Waals surface area contributed by atoms with Crippen LogP contribution in [0.4, 0.5) is 5.82 Å². The maximum atomic E-state index is 4.51. The molecule has 2 heterocycles. The first-order valence-electron chi connectivity index (χ1n) is 4.70. The molecule has 1 N–H and O–H groups in total. The van der Waals surface area contributed by atoms with Crippen molar-refractivity contribution in [2.24, 2.45) is 0 Å². The fourth-order valence-electron chi connectivity index (χ4n) is 1.72. The van der Waals surface area contributed by atoms with E-state index in [4.69, 9.17) is 0 Å². The maximum Gasteiger partial charge on any atom is 0.148 e. The minimum atomic E-state index is 0.491. The van der Waals surface area contributed by atoms with Crippen molar-refractivity contribution in [3.8, 4) is 0 Å². The Morgan fingerprint density at radius 2 is 2.31 bits per heavy atom. The van der Waals surface area contributed by atoms with Crippen LogP contribution < -0.4 is 5.32 Å². The number of halogens is 1. The molecule has 72 valence electrons.